The van der Waals surface area contributed by atoms with Crippen molar-refractivity contribution in [2.45, 2.75) is 30.0 Å². The molecule has 0 aliphatic carbocycles. The lowest BCUT2D eigenvalue weighted by atomic mass is 10.1. The third-order valence-corrected chi connectivity index (χ3v) is 3.27. The summed E-state index contributed by atoms with van der Waals surface area (Å²) in [6.07, 6.45) is 0.635. The first kappa shape index (κ1) is 10.2. The highest BCUT2D eigenvalue weighted by Gasteiger charge is 2.36. The largest absolute Gasteiger partial charge is 0.480 e. The van der Waals surface area contributed by atoms with Crippen LogP contribution in [0.3, 0.4) is 0 Å². The molecule has 0 aliphatic rings. The minimum Gasteiger partial charge on any atom is -0.480 e. The van der Waals surface area contributed by atoms with E-state index in [-0.39, 0.29) is 5.38 Å². The minimum atomic E-state index is -0.997. The van der Waals surface area contributed by atoms with Gasteiger partial charge in [-0.3, -0.25) is 4.79 Å². The SMILES string of the molecule is CCC(Cl)C(C)(Br)C(=O)O. The molecule has 0 aliphatic heterocycles. The Bertz CT molecular complexity index is 136. The average Bonchev–Trinajstić information content (AvgIpc) is 1.86. The van der Waals surface area contributed by atoms with Crippen LogP contribution in [0.1, 0.15) is 20.3 Å². The molecule has 0 rings (SSSR count). The Morgan fingerprint density at radius 1 is 1.90 bits per heavy atom. The highest BCUT2D eigenvalue weighted by molar-refractivity contribution is 9.10. The standard InChI is InChI=1S/C6H10BrClO2/c1-3-4(8)6(2,7)5(9)10/h4H,3H2,1-2H3,(H,9,10). The summed E-state index contributed by atoms with van der Waals surface area (Å²) in [5.74, 6) is -0.922. The molecule has 1 N–H and O–H groups in total. The summed E-state index contributed by atoms with van der Waals surface area (Å²) in [4.78, 5) is 10.5. The topological polar surface area (TPSA) is 37.3 Å². The van der Waals surface area contributed by atoms with Crippen LogP contribution in [-0.2, 0) is 4.79 Å². The maximum atomic E-state index is 10.5. The Labute approximate surface area is 73.7 Å². The zero-order chi connectivity index (χ0) is 8.36. The van der Waals surface area contributed by atoms with Crippen molar-refractivity contribution in [1.29, 1.82) is 0 Å². The lowest BCUT2D eigenvalue weighted by Gasteiger charge is -2.21. The summed E-state index contributed by atoms with van der Waals surface area (Å²) >= 11 is 8.76. The number of carboxylic acid groups (broad SMARTS) is 1. The summed E-state index contributed by atoms with van der Waals surface area (Å²) in [6, 6.07) is 0. The zero-order valence-corrected chi connectivity index (χ0v) is 8.24. The molecule has 0 saturated heterocycles. The summed E-state index contributed by atoms with van der Waals surface area (Å²) in [5.41, 5.74) is 0. The monoisotopic (exact) mass is 228 g/mol. The van der Waals surface area contributed by atoms with Crippen LogP contribution in [0.5, 0.6) is 0 Å². The summed E-state index contributed by atoms with van der Waals surface area (Å²) in [5, 5.41) is 8.24. The molecule has 2 nitrogen and oxygen atoms in total. The smallest absolute Gasteiger partial charge is 0.321 e. The van der Waals surface area contributed by atoms with Crippen LogP contribution in [-0.4, -0.2) is 20.8 Å². The zero-order valence-electron chi connectivity index (χ0n) is 5.90. The molecule has 0 spiro atoms. The Morgan fingerprint density at radius 3 is 2.40 bits per heavy atom. The van der Waals surface area contributed by atoms with Gasteiger partial charge in [0.1, 0.15) is 4.32 Å². The Balaban J connectivity index is 4.23. The molecule has 4 heteroatoms. The van der Waals surface area contributed by atoms with E-state index in [9.17, 15) is 4.79 Å². The van der Waals surface area contributed by atoms with Gasteiger partial charge in [-0.2, -0.15) is 0 Å². The third kappa shape index (κ3) is 2.13. The van der Waals surface area contributed by atoms with Crippen molar-refractivity contribution in [3.63, 3.8) is 0 Å². The van der Waals surface area contributed by atoms with E-state index in [2.05, 4.69) is 15.9 Å². The van der Waals surface area contributed by atoms with Crippen molar-refractivity contribution in [2.24, 2.45) is 0 Å². The van der Waals surface area contributed by atoms with Gasteiger partial charge in [-0.05, 0) is 13.3 Å². The van der Waals surface area contributed by atoms with Crippen molar-refractivity contribution < 1.29 is 9.90 Å². The van der Waals surface area contributed by atoms with Gasteiger partial charge in [0, 0.05) is 0 Å². The number of hydrogen-bond donors (Lipinski definition) is 1. The van der Waals surface area contributed by atoms with Crippen molar-refractivity contribution in [3.8, 4) is 0 Å². The number of carboxylic acids is 1. The van der Waals surface area contributed by atoms with Crippen LogP contribution in [0.25, 0.3) is 0 Å². The normalized spacial score (nSPS) is 19.6. The molecule has 0 amide bonds. The summed E-state index contributed by atoms with van der Waals surface area (Å²) in [6.45, 7) is 3.40. The Morgan fingerprint density at radius 2 is 2.30 bits per heavy atom. The molecule has 0 aromatic rings. The molecular formula is C6H10BrClO2. The van der Waals surface area contributed by atoms with Gasteiger partial charge in [-0.1, -0.05) is 22.9 Å². The van der Waals surface area contributed by atoms with Crippen molar-refractivity contribution >= 4 is 33.5 Å². The first-order chi connectivity index (χ1) is 4.42. The van der Waals surface area contributed by atoms with Gasteiger partial charge in [-0.15, -0.1) is 11.6 Å². The molecule has 0 heterocycles. The van der Waals surface area contributed by atoms with E-state index < -0.39 is 10.3 Å². The number of carbonyl (C=O) groups is 1. The van der Waals surface area contributed by atoms with E-state index in [1.165, 1.54) is 0 Å². The molecule has 0 fully saturated rings. The second kappa shape index (κ2) is 3.58. The second-order valence-corrected chi connectivity index (χ2v) is 4.43. The average molecular weight is 230 g/mol. The predicted octanol–water partition coefficient (Wildman–Crippen LogP) is 2.24. The van der Waals surface area contributed by atoms with Crippen molar-refractivity contribution in [1.82, 2.24) is 0 Å². The third-order valence-electron chi connectivity index (χ3n) is 1.36. The van der Waals surface area contributed by atoms with E-state index in [0.29, 0.717) is 6.42 Å². The number of hydrogen-bond acceptors (Lipinski definition) is 1. The Hall–Kier alpha value is 0.240. The van der Waals surface area contributed by atoms with Crippen molar-refractivity contribution in [3.05, 3.63) is 0 Å². The summed E-state index contributed by atoms with van der Waals surface area (Å²) < 4.78 is -0.997. The molecule has 0 aromatic carbocycles. The highest BCUT2D eigenvalue weighted by Crippen LogP contribution is 2.28. The minimum absolute atomic E-state index is 0.370. The van der Waals surface area contributed by atoms with Crippen LogP contribution in [0.2, 0.25) is 0 Å². The number of halogens is 2. The molecular weight excluding hydrogens is 219 g/mol. The lowest BCUT2D eigenvalue weighted by molar-refractivity contribution is -0.139. The molecule has 0 radical (unpaired) electrons. The number of aliphatic carboxylic acids is 1. The molecule has 0 aromatic heterocycles. The van der Waals surface area contributed by atoms with Crippen LogP contribution in [0.4, 0.5) is 0 Å². The molecule has 10 heavy (non-hydrogen) atoms. The van der Waals surface area contributed by atoms with Gasteiger partial charge in [-0.25, -0.2) is 0 Å². The Kier molecular flexibility index (Phi) is 3.66. The molecule has 2 unspecified atom stereocenters. The van der Waals surface area contributed by atoms with Gasteiger partial charge in [0.15, 0.2) is 0 Å². The van der Waals surface area contributed by atoms with Crippen LogP contribution >= 0.6 is 27.5 Å². The van der Waals surface area contributed by atoms with E-state index in [1.807, 2.05) is 6.92 Å². The number of alkyl halides is 2. The molecule has 0 bridgehead atoms. The van der Waals surface area contributed by atoms with Crippen LogP contribution in [0.15, 0.2) is 0 Å². The maximum Gasteiger partial charge on any atom is 0.321 e. The first-order valence-electron chi connectivity index (χ1n) is 2.99. The molecule has 2 atom stereocenters. The fourth-order valence-electron chi connectivity index (χ4n) is 0.517. The highest BCUT2D eigenvalue weighted by atomic mass is 79.9. The fourth-order valence-corrected chi connectivity index (χ4v) is 0.934. The van der Waals surface area contributed by atoms with E-state index in [0.717, 1.165) is 0 Å². The lowest BCUT2D eigenvalue weighted by Crippen LogP contribution is -2.37. The maximum absolute atomic E-state index is 10.5. The van der Waals surface area contributed by atoms with E-state index >= 15 is 0 Å². The van der Waals surface area contributed by atoms with E-state index in [4.69, 9.17) is 16.7 Å². The number of rotatable bonds is 3. The van der Waals surface area contributed by atoms with Gasteiger partial charge in [0.05, 0.1) is 5.38 Å². The fraction of sp³-hybridized carbons (Fsp3) is 0.833. The molecule has 0 saturated carbocycles. The first-order valence-corrected chi connectivity index (χ1v) is 4.22. The second-order valence-electron chi connectivity index (χ2n) is 2.26. The molecule has 60 valence electrons. The van der Waals surface area contributed by atoms with Crippen LogP contribution < -0.4 is 0 Å². The van der Waals surface area contributed by atoms with Gasteiger partial charge < -0.3 is 5.11 Å². The van der Waals surface area contributed by atoms with E-state index in [1.54, 1.807) is 6.92 Å². The van der Waals surface area contributed by atoms with Gasteiger partial charge in [0.2, 0.25) is 0 Å². The quantitative estimate of drug-likeness (QED) is 0.754. The van der Waals surface area contributed by atoms with Crippen LogP contribution in [0, 0.1) is 0 Å². The van der Waals surface area contributed by atoms with Gasteiger partial charge in [0.25, 0.3) is 0 Å². The van der Waals surface area contributed by atoms with Gasteiger partial charge >= 0.3 is 5.97 Å². The summed E-state index contributed by atoms with van der Waals surface area (Å²) in [7, 11) is 0. The van der Waals surface area contributed by atoms with Crippen molar-refractivity contribution in [2.75, 3.05) is 0 Å². The predicted molar refractivity (Wildman–Crippen MR) is 44.9 cm³/mol.